The maximum absolute atomic E-state index is 14.9. The Bertz CT molecular complexity index is 1280. The number of amides is 1. The van der Waals surface area contributed by atoms with Crippen LogP contribution in [-0.2, 0) is 33.5 Å². The van der Waals surface area contributed by atoms with Gasteiger partial charge in [0.25, 0.3) is 0 Å². The topological polar surface area (TPSA) is 57.6 Å². The molecule has 2 fully saturated rings. The number of alkyl halides is 4. The molecule has 5 rings (SSSR count). The highest BCUT2D eigenvalue weighted by molar-refractivity contribution is 6.30. The van der Waals surface area contributed by atoms with Crippen LogP contribution in [-0.4, -0.2) is 40.6 Å². The van der Waals surface area contributed by atoms with Gasteiger partial charge in [0.05, 0.1) is 5.92 Å². The number of carbonyl (C=O) groups is 2. The summed E-state index contributed by atoms with van der Waals surface area (Å²) in [5.74, 6) is -1.33. The standard InChI is InChI=1S/C30H32ClF4NO3/c1-27(11-9-19(10-12-27)25(37)38)26(39)36-14-13-29(17-18-3-6-22(31)7-4-18)23-8-5-21(15-20(23)16-24(29)36)28(2,32)30(33,34)35/h3-8,15,19,24H,9-14,16-17H2,1-2H3,(H,37,38). The molecule has 0 aromatic heterocycles. The number of fused-ring (bicyclic) bond motifs is 3. The van der Waals surface area contributed by atoms with Crippen molar-refractivity contribution in [1.82, 2.24) is 4.90 Å². The van der Waals surface area contributed by atoms with Gasteiger partial charge >= 0.3 is 12.1 Å². The van der Waals surface area contributed by atoms with Gasteiger partial charge in [-0.15, -0.1) is 0 Å². The third kappa shape index (κ3) is 4.62. The van der Waals surface area contributed by atoms with Crippen LogP contribution in [0.1, 0.15) is 68.2 Å². The van der Waals surface area contributed by atoms with Gasteiger partial charge in [0.15, 0.2) is 0 Å². The van der Waals surface area contributed by atoms with E-state index in [1.165, 1.54) is 12.1 Å². The van der Waals surface area contributed by atoms with Crippen LogP contribution in [0.5, 0.6) is 0 Å². The molecule has 4 nitrogen and oxygen atoms in total. The molecule has 1 aliphatic heterocycles. The van der Waals surface area contributed by atoms with E-state index >= 15 is 0 Å². The third-order valence-corrected chi connectivity index (χ3v) is 9.84. The molecule has 210 valence electrons. The van der Waals surface area contributed by atoms with E-state index in [1.54, 1.807) is 18.2 Å². The quantitative estimate of drug-likeness (QED) is 0.397. The van der Waals surface area contributed by atoms with Crippen LogP contribution in [0.2, 0.25) is 5.02 Å². The van der Waals surface area contributed by atoms with Crippen LogP contribution in [0.3, 0.4) is 0 Å². The number of likely N-dealkylation sites (tertiary alicyclic amines) is 1. The van der Waals surface area contributed by atoms with Gasteiger partial charge in [-0.2, -0.15) is 13.2 Å². The summed E-state index contributed by atoms with van der Waals surface area (Å²) in [7, 11) is 0. The molecule has 9 heteroatoms. The van der Waals surface area contributed by atoms with Crippen LogP contribution in [0.4, 0.5) is 17.6 Å². The lowest BCUT2D eigenvalue weighted by molar-refractivity contribution is -0.228. The van der Waals surface area contributed by atoms with Crippen LogP contribution in [0, 0.1) is 11.3 Å². The first-order valence-corrected chi connectivity index (χ1v) is 13.7. The van der Waals surface area contributed by atoms with Crippen molar-refractivity contribution in [1.29, 1.82) is 0 Å². The number of benzene rings is 2. The van der Waals surface area contributed by atoms with Gasteiger partial charge in [-0.05, 0) is 86.3 Å². The van der Waals surface area contributed by atoms with E-state index in [9.17, 15) is 32.3 Å². The summed E-state index contributed by atoms with van der Waals surface area (Å²) in [5.41, 5.74) is -2.67. The van der Waals surface area contributed by atoms with E-state index in [0.29, 0.717) is 69.0 Å². The summed E-state index contributed by atoms with van der Waals surface area (Å²) < 4.78 is 55.5. The first kappa shape index (κ1) is 27.9. The predicted molar refractivity (Wildman–Crippen MR) is 139 cm³/mol. The lowest BCUT2D eigenvalue weighted by atomic mass is 9.70. The van der Waals surface area contributed by atoms with Crippen LogP contribution < -0.4 is 0 Å². The average Bonchev–Trinajstić information content (AvgIpc) is 3.37. The Labute approximate surface area is 230 Å². The van der Waals surface area contributed by atoms with Crippen molar-refractivity contribution in [2.45, 2.75) is 82.1 Å². The zero-order valence-electron chi connectivity index (χ0n) is 22.0. The number of hydrogen-bond acceptors (Lipinski definition) is 2. The molecule has 2 aromatic rings. The van der Waals surface area contributed by atoms with Gasteiger partial charge in [0.2, 0.25) is 11.6 Å². The Hall–Kier alpha value is -2.61. The van der Waals surface area contributed by atoms with E-state index in [0.717, 1.165) is 11.1 Å². The summed E-state index contributed by atoms with van der Waals surface area (Å²) in [6, 6.07) is 11.3. The molecule has 3 aliphatic rings. The lowest BCUT2D eigenvalue weighted by Gasteiger charge is -2.41. The van der Waals surface area contributed by atoms with Crippen molar-refractivity contribution < 1.29 is 32.3 Å². The smallest absolute Gasteiger partial charge is 0.426 e. The van der Waals surface area contributed by atoms with Gasteiger partial charge in [-0.1, -0.05) is 48.9 Å². The molecule has 3 atom stereocenters. The molecule has 39 heavy (non-hydrogen) atoms. The monoisotopic (exact) mass is 565 g/mol. The molecule has 0 radical (unpaired) electrons. The molecule has 1 N–H and O–H groups in total. The van der Waals surface area contributed by atoms with Crippen LogP contribution in [0.25, 0.3) is 0 Å². The Morgan fingerprint density at radius 1 is 1.05 bits per heavy atom. The number of carboxylic acids is 1. The van der Waals surface area contributed by atoms with Crippen molar-refractivity contribution in [3.63, 3.8) is 0 Å². The Morgan fingerprint density at radius 3 is 2.28 bits per heavy atom. The minimum Gasteiger partial charge on any atom is -0.481 e. The normalized spacial score (nSPS) is 30.0. The fourth-order valence-corrected chi connectivity index (χ4v) is 7.17. The van der Waals surface area contributed by atoms with Gasteiger partial charge in [0.1, 0.15) is 0 Å². The van der Waals surface area contributed by atoms with Gasteiger partial charge in [-0.25, -0.2) is 4.39 Å². The van der Waals surface area contributed by atoms with Gasteiger partial charge < -0.3 is 10.0 Å². The van der Waals surface area contributed by atoms with Crippen molar-refractivity contribution >= 4 is 23.5 Å². The number of carbonyl (C=O) groups excluding carboxylic acids is 1. The molecule has 1 heterocycles. The zero-order valence-corrected chi connectivity index (χ0v) is 22.7. The Morgan fingerprint density at radius 2 is 1.69 bits per heavy atom. The molecule has 0 spiro atoms. The summed E-state index contributed by atoms with van der Waals surface area (Å²) in [4.78, 5) is 27.4. The molecule has 2 aromatic carbocycles. The van der Waals surface area contributed by atoms with Gasteiger partial charge in [0, 0.05) is 28.4 Å². The van der Waals surface area contributed by atoms with Crippen molar-refractivity contribution in [3.8, 4) is 0 Å². The summed E-state index contributed by atoms with van der Waals surface area (Å²) >= 11 is 6.09. The van der Waals surface area contributed by atoms with E-state index in [2.05, 4.69) is 0 Å². The number of carboxylic acid groups (broad SMARTS) is 1. The van der Waals surface area contributed by atoms with Crippen LogP contribution >= 0.6 is 11.6 Å². The van der Waals surface area contributed by atoms with Crippen molar-refractivity contribution in [2.24, 2.45) is 11.3 Å². The van der Waals surface area contributed by atoms with Crippen LogP contribution in [0.15, 0.2) is 42.5 Å². The molecule has 1 amide bonds. The highest BCUT2D eigenvalue weighted by atomic mass is 35.5. The number of halogens is 5. The molecule has 1 saturated heterocycles. The maximum atomic E-state index is 14.9. The minimum absolute atomic E-state index is 0.0343. The fourth-order valence-electron chi connectivity index (χ4n) is 7.05. The van der Waals surface area contributed by atoms with E-state index in [1.807, 2.05) is 24.0 Å². The highest BCUT2D eigenvalue weighted by Crippen LogP contribution is 2.54. The number of aliphatic carboxylic acids is 1. The number of hydrogen-bond donors (Lipinski definition) is 1. The van der Waals surface area contributed by atoms with Gasteiger partial charge in [-0.3, -0.25) is 9.59 Å². The van der Waals surface area contributed by atoms with E-state index in [-0.39, 0.29) is 11.9 Å². The lowest BCUT2D eigenvalue weighted by Crippen LogP contribution is -2.50. The molecule has 1 saturated carbocycles. The summed E-state index contributed by atoms with van der Waals surface area (Å²) in [6.07, 6.45) is -1.72. The van der Waals surface area contributed by atoms with Crippen molar-refractivity contribution in [2.75, 3.05) is 6.54 Å². The van der Waals surface area contributed by atoms with E-state index in [4.69, 9.17) is 11.6 Å². The maximum Gasteiger partial charge on any atom is 0.426 e. The molecule has 0 bridgehead atoms. The first-order chi connectivity index (χ1) is 18.2. The number of nitrogens with zero attached hydrogens (tertiary/aromatic N) is 1. The van der Waals surface area contributed by atoms with E-state index < -0.39 is 40.1 Å². The summed E-state index contributed by atoms with van der Waals surface area (Å²) in [6.45, 7) is 2.93. The number of rotatable bonds is 5. The Balaban J connectivity index is 1.51. The third-order valence-electron chi connectivity index (χ3n) is 9.59. The molecular weight excluding hydrogens is 534 g/mol. The highest BCUT2D eigenvalue weighted by Gasteiger charge is 2.58. The first-order valence-electron chi connectivity index (χ1n) is 13.4. The largest absolute Gasteiger partial charge is 0.481 e. The minimum atomic E-state index is -5.05. The second-order valence-electron chi connectivity index (χ2n) is 12.0. The molecule has 3 unspecified atom stereocenters. The van der Waals surface area contributed by atoms with Crippen molar-refractivity contribution in [3.05, 3.63) is 69.7 Å². The zero-order chi connectivity index (χ0) is 28.4. The second kappa shape index (κ2) is 9.50. The summed E-state index contributed by atoms with van der Waals surface area (Å²) in [5, 5.41) is 9.99. The second-order valence-corrected chi connectivity index (χ2v) is 12.4. The average molecular weight is 566 g/mol. The molecular formula is C30H32ClF4NO3. The predicted octanol–water partition coefficient (Wildman–Crippen LogP) is 7.01. The molecule has 2 aliphatic carbocycles. The SMILES string of the molecule is CC1(C(=O)N2CCC3(Cc4ccc(Cl)cc4)c4ccc(C(C)(F)C(F)(F)F)cc4CC23)CCC(C(=O)O)CC1. The fraction of sp³-hybridized carbons (Fsp3) is 0.533. The Kier molecular flexibility index (Phi) is 6.80.